The van der Waals surface area contributed by atoms with Gasteiger partial charge in [0.1, 0.15) is 0 Å². The second kappa shape index (κ2) is 7.53. The number of benzene rings is 1. The maximum absolute atomic E-state index is 13.3. The summed E-state index contributed by atoms with van der Waals surface area (Å²) in [6, 6.07) is 10.1. The van der Waals surface area contributed by atoms with Gasteiger partial charge in [0, 0.05) is 17.7 Å². The van der Waals surface area contributed by atoms with Gasteiger partial charge in [-0.05, 0) is 74.3 Å². The zero-order valence-corrected chi connectivity index (χ0v) is 13.5. The zero-order chi connectivity index (χ0) is 16.9. The maximum Gasteiger partial charge on any atom is 0.159 e. The molecule has 24 heavy (non-hydrogen) atoms. The Balaban J connectivity index is 1.57. The van der Waals surface area contributed by atoms with Crippen molar-refractivity contribution >= 4 is 0 Å². The lowest BCUT2D eigenvalue weighted by Gasteiger charge is -2.24. The third-order valence-electron chi connectivity index (χ3n) is 4.91. The fourth-order valence-electron chi connectivity index (χ4n) is 3.35. The summed E-state index contributed by atoms with van der Waals surface area (Å²) in [5.41, 5.74) is 2.38. The first-order valence-electron chi connectivity index (χ1n) is 8.45. The van der Waals surface area contributed by atoms with Gasteiger partial charge in [-0.15, -0.1) is 0 Å². The number of hydrogen-bond acceptors (Lipinski definition) is 2. The molecule has 0 radical (unpaired) electrons. The number of pyridine rings is 1. The summed E-state index contributed by atoms with van der Waals surface area (Å²) in [6.07, 6.45) is 8.22. The van der Waals surface area contributed by atoms with Crippen LogP contribution >= 0.6 is 0 Å². The summed E-state index contributed by atoms with van der Waals surface area (Å²) >= 11 is 0. The van der Waals surface area contributed by atoms with Crippen molar-refractivity contribution in [2.24, 2.45) is 11.8 Å². The standard InChI is InChI=1S/C20H20F2N2/c21-18-9-8-17(11-19(18)22)20-10-7-16(13-24-20)6-3-14-1-4-15(12-23)5-2-14/h7-11,13-15H,1-6H2. The fourth-order valence-corrected chi connectivity index (χ4v) is 3.35. The molecule has 124 valence electrons. The third kappa shape index (κ3) is 3.97. The molecule has 0 aliphatic heterocycles. The number of rotatable bonds is 4. The Morgan fingerprint density at radius 2 is 1.83 bits per heavy atom. The molecular weight excluding hydrogens is 306 g/mol. The van der Waals surface area contributed by atoms with Gasteiger partial charge in [-0.1, -0.05) is 6.07 Å². The molecule has 1 heterocycles. The average Bonchev–Trinajstić information content (AvgIpc) is 2.63. The van der Waals surface area contributed by atoms with Crippen LogP contribution in [0, 0.1) is 34.8 Å². The second-order valence-electron chi connectivity index (χ2n) is 6.57. The van der Waals surface area contributed by atoms with Crippen LogP contribution < -0.4 is 0 Å². The predicted octanol–water partition coefficient (Wildman–Crippen LogP) is 5.29. The Morgan fingerprint density at radius 3 is 2.46 bits per heavy atom. The van der Waals surface area contributed by atoms with Crippen molar-refractivity contribution in [3.8, 4) is 17.3 Å². The van der Waals surface area contributed by atoms with Gasteiger partial charge >= 0.3 is 0 Å². The minimum atomic E-state index is -0.855. The van der Waals surface area contributed by atoms with Crippen LogP contribution in [0.15, 0.2) is 36.5 Å². The van der Waals surface area contributed by atoms with Crippen LogP contribution in [0.5, 0.6) is 0 Å². The fraction of sp³-hybridized carbons (Fsp3) is 0.400. The Morgan fingerprint density at radius 1 is 1.04 bits per heavy atom. The maximum atomic E-state index is 13.3. The molecule has 2 aromatic rings. The Hall–Kier alpha value is -2.28. The lowest BCUT2D eigenvalue weighted by atomic mass is 9.80. The number of hydrogen-bond donors (Lipinski definition) is 0. The molecule has 0 atom stereocenters. The Bertz CT molecular complexity index is 726. The van der Waals surface area contributed by atoms with Gasteiger partial charge in [-0.3, -0.25) is 4.98 Å². The molecule has 0 N–H and O–H groups in total. The van der Waals surface area contributed by atoms with Gasteiger partial charge in [-0.25, -0.2) is 8.78 Å². The van der Waals surface area contributed by atoms with Gasteiger partial charge in [0.25, 0.3) is 0 Å². The second-order valence-corrected chi connectivity index (χ2v) is 6.57. The van der Waals surface area contributed by atoms with Gasteiger partial charge in [0.2, 0.25) is 0 Å². The zero-order valence-electron chi connectivity index (χ0n) is 13.5. The van der Waals surface area contributed by atoms with Crippen LogP contribution in [0.25, 0.3) is 11.3 Å². The minimum Gasteiger partial charge on any atom is -0.256 e. The van der Waals surface area contributed by atoms with E-state index in [-0.39, 0.29) is 5.92 Å². The Labute approximate surface area is 141 Å². The minimum absolute atomic E-state index is 0.248. The quantitative estimate of drug-likeness (QED) is 0.765. The van der Waals surface area contributed by atoms with Gasteiger partial charge < -0.3 is 0 Å². The summed E-state index contributed by atoms with van der Waals surface area (Å²) in [5.74, 6) is -0.758. The van der Waals surface area contributed by atoms with E-state index in [1.165, 1.54) is 12.1 Å². The molecule has 2 nitrogen and oxygen atoms in total. The molecule has 1 aromatic heterocycles. The highest BCUT2D eigenvalue weighted by Gasteiger charge is 2.20. The van der Waals surface area contributed by atoms with Crippen molar-refractivity contribution in [1.29, 1.82) is 5.26 Å². The van der Waals surface area contributed by atoms with E-state index in [4.69, 9.17) is 5.26 Å². The van der Waals surface area contributed by atoms with Crippen LogP contribution in [0.4, 0.5) is 8.78 Å². The van der Waals surface area contributed by atoms with E-state index in [0.29, 0.717) is 17.2 Å². The van der Waals surface area contributed by atoms with Crippen molar-refractivity contribution in [2.45, 2.75) is 38.5 Å². The molecule has 1 saturated carbocycles. The SMILES string of the molecule is N#CC1CCC(CCc2ccc(-c3ccc(F)c(F)c3)nc2)CC1. The highest BCUT2D eigenvalue weighted by Crippen LogP contribution is 2.31. The summed E-state index contributed by atoms with van der Waals surface area (Å²) in [5, 5.41) is 8.93. The molecular formula is C20H20F2N2. The van der Waals surface area contributed by atoms with E-state index in [1.807, 2.05) is 18.3 Å². The molecule has 0 amide bonds. The molecule has 4 heteroatoms. The molecule has 0 unspecified atom stereocenters. The number of nitrogens with zero attached hydrogens (tertiary/aromatic N) is 2. The van der Waals surface area contributed by atoms with Crippen LogP contribution in [0.2, 0.25) is 0 Å². The molecule has 1 aliphatic carbocycles. The topological polar surface area (TPSA) is 36.7 Å². The van der Waals surface area contributed by atoms with Crippen molar-refractivity contribution in [3.63, 3.8) is 0 Å². The molecule has 3 rings (SSSR count). The molecule has 0 saturated heterocycles. The van der Waals surface area contributed by atoms with Gasteiger partial charge in [0.15, 0.2) is 11.6 Å². The number of aromatic nitrogens is 1. The monoisotopic (exact) mass is 326 g/mol. The normalized spacial score (nSPS) is 20.5. The molecule has 1 aliphatic rings. The number of nitriles is 1. The Kier molecular flexibility index (Phi) is 5.20. The van der Waals surface area contributed by atoms with Crippen LogP contribution in [-0.2, 0) is 6.42 Å². The van der Waals surface area contributed by atoms with E-state index < -0.39 is 11.6 Å². The number of halogens is 2. The highest BCUT2D eigenvalue weighted by molar-refractivity contribution is 5.59. The molecule has 1 fully saturated rings. The lowest BCUT2D eigenvalue weighted by Crippen LogP contribution is -2.13. The van der Waals surface area contributed by atoms with Crippen molar-refractivity contribution in [1.82, 2.24) is 4.98 Å². The summed E-state index contributed by atoms with van der Waals surface area (Å²) in [6.45, 7) is 0. The van der Waals surface area contributed by atoms with Crippen LogP contribution in [0.1, 0.15) is 37.7 Å². The van der Waals surface area contributed by atoms with Gasteiger partial charge in [0.05, 0.1) is 11.8 Å². The van der Waals surface area contributed by atoms with Gasteiger partial charge in [-0.2, -0.15) is 5.26 Å². The largest absolute Gasteiger partial charge is 0.256 e. The third-order valence-corrected chi connectivity index (χ3v) is 4.91. The van der Waals surface area contributed by atoms with E-state index in [2.05, 4.69) is 11.1 Å². The van der Waals surface area contributed by atoms with E-state index in [0.717, 1.165) is 50.2 Å². The highest BCUT2D eigenvalue weighted by atomic mass is 19.2. The molecule has 0 spiro atoms. The molecule has 0 bridgehead atoms. The smallest absolute Gasteiger partial charge is 0.159 e. The summed E-state index contributed by atoms with van der Waals surface area (Å²) < 4.78 is 26.3. The number of aryl methyl sites for hydroxylation is 1. The van der Waals surface area contributed by atoms with E-state index in [9.17, 15) is 8.78 Å². The first kappa shape index (κ1) is 16.6. The van der Waals surface area contributed by atoms with Crippen molar-refractivity contribution < 1.29 is 8.78 Å². The van der Waals surface area contributed by atoms with E-state index in [1.54, 1.807) is 0 Å². The molecule has 1 aromatic carbocycles. The lowest BCUT2D eigenvalue weighted by molar-refractivity contribution is 0.300. The van der Waals surface area contributed by atoms with E-state index >= 15 is 0 Å². The van der Waals surface area contributed by atoms with Crippen LogP contribution in [0.3, 0.4) is 0 Å². The first-order chi connectivity index (χ1) is 11.7. The summed E-state index contributed by atoms with van der Waals surface area (Å²) in [7, 11) is 0. The van der Waals surface area contributed by atoms with Crippen molar-refractivity contribution in [2.75, 3.05) is 0 Å². The van der Waals surface area contributed by atoms with Crippen molar-refractivity contribution in [3.05, 3.63) is 53.7 Å². The van der Waals surface area contributed by atoms with Crippen LogP contribution in [-0.4, -0.2) is 4.98 Å². The summed E-state index contributed by atoms with van der Waals surface area (Å²) in [4.78, 5) is 4.38. The predicted molar refractivity (Wildman–Crippen MR) is 89.0 cm³/mol. The first-order valence-corrected chi connectivity index (χ1v) is 8.45. The average molecular weight is 326 g/mol.